The second kappa shape index (κ2) is 63.3. The molecule has 108 heavy (non-hydrogen) atoms. The topological polar surface area (TPSA) is 340 Å². The average molecular weight is 1580 g/mol. The van der Waals surface area contributed by atoms with Crippen LogP contribution in [0.25, 0.3) is 0 Å². The van der Waals surface area contributed by atoms with E-state index in [4.69, 9.17) is 114 Å². The molecule has 0 aliphatic carbocycles. The second-order valence-corrected chi connectivity index (χ2v) is 26.8. The predicted octanol–water partition coefficient (Wildman–Crippen LogP) is 7.09. The van der Waals surface area contributed by atoms with Gasteiger partial charge in [-0.2, -0.15) is 13.0 Å². The molecule has 0 saturated carbocycles. The number of carbonyl (C=O) groups is 1. The van der Waals surface area contributed by atoms with Crippen LogP contribution >= 0.6 is 12.0 Å². The molecule has 3 N–H and O–H groups in total. The molecule has 2 aliphatic heterocycles. The number of hydrogen-bond donors (Lipinski definition) is 3. The Kier molecular flexibility index (Phi) is 56.4. The molecule has 32 nitrogen and oxygen atoms in total. The summed E-state index contributed by atoms with van der Waals surface area (Å²) >= 11 is 0.867. The van der Waals surface area contributed by atoms with E-state index in [2.05, 4.69) is 22.6 Å². The third kappa shape index (κ3) is 43.2. The molecule has 0 radical (unpaired) electrons. The van der Waals surface area contributed by atoms with Crippen molar-refractivity contribution in [2.24, 2.45) is 0 Å². The fraction of sp³-hybridized carbons (Fsp3) is 0.730. The lowest BCUT2D eigenvalue weighted by atomic mass is 9.76. The number of fused-ring (bicyclic) bond motifs is 2. The number of benzene rings is 2. The monoisotopic (exact) mass is 1580 g/mol. The molecule has 1 unspecified atom stereocenters. The van der Waals surface area contributed by atoms with E-state index < -0.39 is 26.9 Å². The first-order valence-corrected chi connectivity index (χ1v) is 39.2. The lowest BCUT2D eigenvalue weighted by molar-refractivity contribution is -0.438. The van der Waals surface area contributed by atoms with Crippen molar-refractivity contribution in [1.82, 2.24) is 0 Å². The van der Waals surface area contributed by atoms with Crippen LogP contribution in [0.3, 0.4) is 0 Å². The van der Waals surface area contributed by atoms with Crippen LogP contribution in [-0.2, 0) is 140 Å². The number of anilines is 1. The van der Waals surface area contributed by atoms with E-state index in [1.165, 1.54) is 12.1 Å². The number of nitrogens with zero attached hydrogens (tertiary/aromatic N) is 2. The number of ether oxygens (including phenoxy) is 20. The summed E-state index contributed by atoms with van der Waals surface area (Å²) in [5.41, 5.74) is 3.89. The van der Waals surface area contributed by atoms with Crippen molar-refractivity contribution in [1.29, 1.82) is 0 Å². The first-order valence-electron chi connectivity index (χ1n) is 37.0. The van der Waals surface area contributed by atoms with Gasteiger partial charge >= 0.3 is 5.97 Å². The van der Waals surface area contributed by atoms with Gasteiger partial charge in [-0.1, -0.05) is 37.1 Å². The van der Waals surface area contributed by atoms with E-state index in [0.717, 1.165) is 46.8 Å². The van der Waals surface area contributed by atoms with Crippen molar-refractivity contribution in [2.75, 3.05) is 296 Å². The highest BCUT2D eigenvalue weighted by Gasteiger charge is 2.48. The summed E-state index contributed by atoms with van der Waals surface area (Å²) < 4.78 is 152. The Bertz CT molecular complexity index is 2840. The summed E-state index contributed by atoms with van der Waals surface area (Å²) in [7, 11) is -1.24. The SMILES string of the molecule is COCCOCCOCCOCCOCCOCCOCCOCCOCCOCCOCCC1(C)C(C=CC=CC=C2N(CCOOCCOCCOCCOCCOCCOCCOCCOCCOCCOC)c3ccc(S(=O)(=O)O)cc3C2(C)C)=[N+](CCCCCC(=O)O)c2ccc(SOOO)cc21. The van der Waals surface area contributed by atoms with Crippen molar-refractivity contribution in [3.63, 3.8) is 0 Å². The molecule has 34 heteroatoms. The first kappa shape index (κ1) is 96.2. The average Bonchev–Trinajstić information content (AvgIpc) is 1.59. The fourth-order valence-electron chi connectivity index (χ4n) is 10.9. The van der Waals surface area contributed by atoms with Crippen LogP contribution in [0.5, 0.6) is 0 Å². The summed E-state index contributed by atoms with van der Waals surface area (Å²) in [5, 5.41) is 22.4. The van der Waals surface area contributed by atoms with Gasteiger partial charge in [0.25, 0.3) is 10.1 Å². The Morgan fingerprint density at radius 1 is 0.472 bits per heavy atom. The minimum atomic E-state index is -4.50. The van der Waals surface area contributed by atoms with Crippen LogP contribution in [0.1, 0.15) is 64.0 Å². The first-order chi connectivity index (χ1) is 52.8. The van der Waals surface area contributed by atoms with Gasteiger partial charge < -0.3 is 105 Å². The Hall–Kier alpha value is -4.14. The van der Waals surface area contributed by atoms with Crippen LogP contribution < -0.4 is 4.90 Å². The highest BCUT2D eigenvalue weighted by atomic mass is 32.2. The fourth-order valence-corrected chi connectivity index (χ4v) is 11.8. The highest BCUT2D eigenvalue weighted by molar-refractivity contribution is 7.94. The molecule has 0 spiro atoms. The van der Waals surface area contributed by atoms with Crippen LogP contribution in [0.2, 0.25) is 0 Å². The van der Waals surface area contributed by atoms with Gasteiger partial charge in [0.2, 0.25) is 5.69 Å². The maximum Gasteiger partial charge on any atom is 0.303 e. The Morgan fingerprint density at radius 3 is 1.27 bits per heavy atom. The van der Waals surface area contributed by atoms with Crippen LogP contribution in [0.4, 0.5) is 11.4 Å². The molecule has 4 rings (SSSR count). The van der Waals surface area contributed by atoms with Gasteiger partial charge in [0, 0.05) is 79.6 Å². The molecule has 2 aromatic carbocycles. The smallest absolute Gasteiger partial charge is 0.303 e. The third-order valence-corrected chi connectivity index (χ3v) is 17.8. The molecule has 0 saturated heterocycles. The highest BCUT2D eigenvalue weighted by Crippen LogP contribution is 2.49. The molecule has 1 atom stereocenters. The van der Waals surface area contributed by atoms with Gasteiger partial charge in [0.15, 0.2) is 5.71 Å². The molecule has 0 fully saturated rings. The van der Waals surface area contributed by atoms with Gasteiger partial charge in [-0.15, -0.1) is 4.33 Å². The number of methoxy groups -OCH3 is 2. The normalized spacial score (nSPS) is 15.4. The maximum absolute atomic E-state index is 12.4. The maximum atomic E-state index is 12.4. The molecule has 2 aromatic rings. The number of allylic oxidation sites excluding steroid dienone is 6. The number of unbranched alkanes of at least 4 members (excludes halogenated alkanes) is 2. The van der Waals surface area contributed by atoms with Crippen molar-refractivity contribution in [3.05, 3.63) is 83.6 Å². The zero-order chi connectivity index (χ0) is 77.5. The zero-order valence-corrected chi connectivity index (χ0v) is 65.8. The summed E-state index contributed by atoms with van der Waals surface area (Å²) in [6.45, 7) is 24.5. The predicted molar refractivity (Wildman–Crippen MR) is 398 cm³/mol. The lowest BCUT2D eigenvalue weighted by Crippen LogP contribution is -2.33. The largest absolute Gasteiger partial charge is 0.481 e. The van der Waals surface area contributed by atoms with E-state index in [1.807, 2.05) is 61.3 Å². The van der Waals surface area contributed by atoms with Gasteiger partial charge in [-0.3, -0.25) is 9.35 Å². The van der Waals surface area contributed by atoms with E-state index in [9.17, 15) is 22.9 Å². The van der Waals surface area contributed by atoms with Crippen LogP contribution in [0, 0.1) is 0 Å². The Morgan fingerprint density at radius 2 is 0.870 bits per heavy atom. The van der Waals surface area contributed by atoms with Crippen molar-refractivity contribution in [3.8, 4) is 0 Å². The quantitative estimate of drug-likeness (QED) is 0.0113. The molecule has 0 aromatic heterocycles. The number of hydrogen-bond acceptors (Lipinski definition) is 30. The summed E-state index contributed by atoms with van der Waals surface area (Å²) in [5.74, 6) is -0.837. The van der Waals surface area contributed by atoms with E-state index in [1.54, 1.807) is 20.3 Å². The zero-order valence-electron chi connectivity index (χ0n) is 64.2. The minimum Gasteiger partial charge on any atom is -0.481 e. The van der Waals surface area contributed by atoms with E-state index >= 15 is 0 Å². The Balaban J connectivity index is 1.18. The third-order valence-electron chi connectivity index (χ3n) is 16.4. The van der Waals surface area contributed by atoms with Crippen molar-refractivity contribution in [2.45, 2.75) is 73.5 Å². The van der Waals surface area contributed by atoms with Crippen molar-refractivity contribution >= 4 is 45.2 Å². The van der Waals surface area contributed by atoms with E-state index in [0.29, 0.717) is 287 Å². The molecule has 0 bridgehead atoms. The summed E-state index contributed by atoms with van der Waals surface area (Å²) in [6.07, 6.45) is 12.4. The minimum absolute atomic E-state index is 0.0789. The molecular weight excluding hydrogens is 1460 g/mol. The molecular formula is C74H123N2O30S2+. The Labute approximate surface area is 642 Å². The molecule has 2 heterocycles. The lowest BCUT2D eigenvalue weighted by Gasteiger charge is -2.26. The van der Waals surface area contributed by atoms with Gasteiger partial charge in [0.05, 0.1) is 267 Å². The van der Waals surface area contributed by atoms with Gasteiger partial charge in [-0.05, 0) is 68.2 Å². The second-order valence-electron chi connectivity index (χ2n) is 24.6. The standard InChI is InChI=1S/C74H122N2O30S2/c1-73(2)66-63-65(108(80,81)82)16-18-68(66)76(21-23-103-104-61-60-102-59-58-101-57-56-100-55-54-99-53-49-96-45-43-93-39-37-90-33-31-87-27-25-84-5)70(73)12-8-6-9-13-71-74(3,67-62-64(107-106-105-79)15-17-69(67)75(71)20-11-7-10-14-72(77)78)19-22-85-28-29-88-34-35-91-40-41-94-46-47-97-51-52-98-50-48-95-44-42-92-38-36-89-32-30-86-26-24-83-4/h6,8-9,12-13,15-18,62-63H,7,10-11,14,19-61H2,1-5H3,(H2-,77,78,79,80,81,82)/p+1. The number of aliphatic carboxylic acids is 1. The van der Waals surface area contributed by atoms with Gasteiger partial charge in [0.1, 0.15) is 19.8 Å². The molecule has 0 amide bonds. The van der Waals surface area contributed by atoms with Crippen LogP contribution in [-0.4, -0.2) is 331 Å². The number of rotatable bonds is 77. The summed E-state index contributed by atoms with van der Waals surface area (Å²) in [4.78, 5) is 25.0. The van der Waals surface area contributed by atoms with Crippen molar-refractivity contribution < 1.29 is 147 Å². The van der Waals surface area contributed by atoms with Gasteiger partial charge in [-0.25, -0.2) is 15.0 Å². The van der Waals surface area contributed by atoms with Crippen LogP contribution in [0.15, 0.2) is 82.3 Å². The van der Waals surface area contributed by atoms with E-state index in [-0.39, 0.29) is 31.1 Å². The number of carboxylic acids is 1. The molecule has 2 aliphatic rings. The summed E-state index contributed by atoms with van der Waals surface area (Å²) in [6, 6.07) is 10.4. The molecule has 620 valence electrons. The number of carboxylic acid groups (broad SMARTS) is 1.